The second-order valence-electron chi connectivity index (χ2n) is 9.27. The molecule has 3 aromatic rings. The zero-order valence-corrected chi connectivity index (χ0v) is 19.5. The second kappa shape index (κ2) is 8.94. The molecule has 0 bridgehead atoms. The van der Waals surface area contributed by atoms with Crippen LogP contribution in [0.3, 0.4) is 0 Å². The zero-order chi connectivity index (χ0) is 23.8. The number of aromatic nitrogens is 4. The summed E-state index contributed by atoms with van der Waals surface area (Å²) in [5.74, 6) is 0.212. The van der Waals surface area contributed by atoms with Crippen molar-refractivity contribution in [3.05, 3.63) is 59.2 Å². The number of benzene rings is 1. The first-order valence-corrected chi connectivity index (χ1v) is 11.3. The Morgan fingerprint density at radius 2 is 1.88 bits per heavy atom. The van der Waals surface area contributed by atoms with E-state index in [9.17, 15) is 14.7 Å². The monoisotopic (exact) mass is 449 g/mol. The van der Waals surface area contributed by atoms with Crippen molar-refractivity contribution in [2.45, 2.75) is 45.3 Å². The molecule has 4 rings (SSSR count). The summed E-state index contributed by atoms with van der Waals surface area (Å²) in [5.41, 5.74) is 2.18. The van der Waals surface area contributed by atoms with E-state index >= 15 is 0 Å². The molecule has 1 atom stereocenters. The third kappa shape index (κ3) is 4.61. The number of likely N-dealkylation sites (tertiary alicyclic amines) is 1. The average molecular weight is 450 g/mol. The number of hydrogen-bond donors (Lipinski definition) is 1. The first kappa shape index (κ1) is 22.9. The minimum absolute atomic E-state index is 0.0785. The van der Waals surface area contributed by atoms with Gasteiger partial charge in [-0.2, -0.15) is 5.10 Å². The van der Waals surface area contributed by atoms with Crippen molar-refractivity contribution < 1.29 is 9.90 Å². The van der Waals surface area contributed by atoms with Crippen LogP contribution in [0.5, 0.6) is 0 Å². The molecule has 0 spiro atoms. The molecule has 1 N–H and O–H groups in total. The molecule has 1 saturated heterocycles. The summed E-state index contributed by atoms with van der Waals surface area (Å²) in [6.07, 6.45) is 2.73. The fourth-order valence-corrected chi connectivity index (χ4v) is 4.34. The molecule has 0 radical (unpaired) electrons. The predicted octanol–water partition coefficient (Wildman–Crippen LogP) is 2.75. The van der Waals surface area contributed by atoms with Crippen LogP contribution in [-0.4, -0.2) is 53.9 Å². The molecule has 2 aromatic heterocycles. The van der Waals surface area contributed by atoms with Gasteiger partial charge >= 0.3 is 0 Å². The summed E-state index contributed by atoms with van der Waals surface area (Å²) in [7, 11) is 1.79. The fourth-order valence-electron chi connectivity index (χ4n) is 4.34. The van der Waals surface area contributed by atoms with Gasteiger partial charge in [-0.1, -0.05) is 49.4 Å². The van der Waals surface area contributed by atoms with E-state index in [-0.39, 0.29) is 29.4 Å². The fraction of sp³-hybridized carbons (Fsp3) is 0.440. The maximum Gasteiger partial charge on any atom is 0.281 e. The van der Waals surface area contributed by atoms with Gasteiger partial charge in [0, 0.05) is 32.1 Å². The molecule has 1 aliphatic rings. The highest BCUT2D eigenvalue weighted by Crippen LogP contribution is 2.27. The van der Waals surface area contributed by atoms with Crippen LogP contribution < -0.4 is 5.56 Å². The number of rotatable bonds is 6. The van der Waals surface area contributed by atoms with Gasteiger partial charge in [-0.3, -0.25) is 18.8 Å². The van der Waals surface area contributed by atoms with Gasteiger partial charge in [0.25, 0.3) is 5.56 Å². The molecule has 8 heteroatoms. The Labute approximate surface area is 193 Å². The lowest BCUT2D eigenvalue weighted by Gasteiger charge is -2.38. The van der Waals surface area contributed by atoms with Gasteiger partial charge in [0.15, 0.2) is 5.52 Å². The van der Waals surface area contributed by atoms with Crippen molar-refractivity contribution in [3.63, 3.8) is 0 Å². The van der Waals surface area contributed by atoms with Gasteiger partial charge in [0.05, 0.1) is 24.2 Å². The van der Waals surface area contributed by atoms with E-state index in [0.29, 0.717) is 37.9 Å². The molecule has 1 amide bonds. The first-order valence-electron chi connectivity index (χ1n) is 11.3. The Balaban J connectivity index is 1.51. The number of aryl methyl sites for hydroxylation is 1. The van der Waals surface area contributed by atoms with E-state index in [2.05, 4.69) is 16.7 Å². The van der Waals surface area contributed by atoms with Crippen LogP contribution in [0.15, 0.2) is 53.6 Å². The Morgan fingerprint density at radius 1 is 1.21 bits per heavy atom. The van der Waals surface area contributed by atoms with Gasteiger partial charge in [-0.25, -0.2) is 4.98 Å². The number of hydrogen-bond acceptors (Lipinski definition) is 5. The SMILES string of the molecule is C=C(C)[C@H](C)CC(=O)N1CCC(O)(Cn2cnc3c(-c4ccccc4)n(C)nc3c2=O)CC1. The van der Waals surface area contributed by atoms with Crippen molar-refractivity contribution in [1.29, 1.82) is 0 Å². The van der Waals surface area contributed by atoms with E-state index in [1.54, 1.807) is 16.6 Å². The van der Waals surface area contributed by atoms with Gasteiger partial charge in [0.2, 0.25) is 5.91 Å². The van der Waals surface area contributed by atoms with Crippen molar-refractivity contribution in [3.8, 4) is 11.3 Å². The molecular weight excluding hydrogens is 418 g/mol. The van der Waals surface area contributed by atoms with Crippen LogP contribution >= 0.6 is 0 Å². The highest BCUT2D eigenvalue weighted by molar-refractivity contribution is 5.89. The normalized spacial score (nSPS) is 16.7. The van der Waals surface area contributed by atoms with Crippen molar-refractivity contribution in [2.24, 2.45) is 13.0 Å². The van der Waals surface area contributed by atoms with Crippen LogP contribution in [0, 0.1) is 5.92 Å². The summed E-state index contributed by atoms with van der Waals surface area (Å²) < 4.78 is 3.11. The van der Waals surface area contributed by atoms with Crippen molar-refractivity contribution >= 4 is 16.9 Å². The van der Waals surface area contributed by atoms with Crippen LogP contribution in [-0.2, 0) is 18.4 Å². The maximum absolute atomic E-state index is 13.2. The van der Waals surface area contributed by atoms with Gasteiger partial charge in [-0.15, -0.1) is 0 Å². The number of aliphatic hydroxyl groups is 1. The topological polar surface area (TPSA) is 93.2 Å². The molecule has 8 nitrogen and oxygen atoms in total. The van der Waals surface area contributed by atoms with Crippen LogP contribution in [0.4, 0.5) is 0 Å². The molecule has 3 heterocycles. The third-order valence-electron chi connectivity index (χ3n) is 6.69. The Morgan fingerprint density at radius 3 is 2.52 bits per heavy atom. The molecule has 0 saturated carbocycles. The summed E-state index contributed by atoms with van der Waals surface area (Å²) in [6.45, 7) is 8.90. The highest BCUT2D eigenvalue weighted by Gasteiger charge is 2.35. The number of nitrogens with zero attached hydrogens (tertiary/aromatic N) is 5. The smallest absolute Gasteiger partial charge is 0.281 e. The van der Waals surface area contributed by atoms with E-state index in [4.69, 9.17) is 0 Å². The molecule has 174 valence electrons. The summed E-state index contributed by atoms with van der Waals surface area (Å²) in [4.78, 5) is 32.0. The van der Waals surface area contributed by atoms with Gasteiger partial charge in [0.1, 0.15) is 5.52 Å². The molecule has 33 heavy (non-hydrogen) atoms. The van der Waals surface area contributed by atoms with E-state index < -0.39 is 5.60 Å². The van der Waals surface area contributed by atoms with Gasteiger partial charge in [-0.05, 0) is 25.7 Å². The van der Waals surface area contributed by atoms with E-state index in [1.807, 2.05) is 44.2 Å². The van der Waals surface area contributed by atoms with Crippen LogP contribution in [0.25, 0.3) is 22.3 Å². The van der Waals surface area contributed by atoms with Gasteiger partial charge < -0.3 is 10.0 Å². The second-order valence-corrected chi connectivity index (χ2v) is 9.27. The zero-order valence-electron chi connectivity index (χ0n) is 19.5. The van der Waals surface area contributed by atoms with Crippen LogP contribution in [0.1, 0.15) is 33.1 Å². The minimum atomic E-state index is -1.08. The Hall–Kier alpha value is -3.26. The molecule has 1 aliphatic heterocycles. The molecule has 0 aliphatic carbocycles. The van der Waals surface area contributed by atoms with Crippen LogP contribution in [0.2, 0.25) is 0 Å². The maximum atomic E-state index is 13.2. The quantitative estimate of drug-likeness (QED) is 0.584. The predicted molar refractivity (Wildman–Crippen MR) is 128 cm³/mol. The molecule has 1 aromatic carbocycles. The van der Waals surface area contributed by atoms with E-state index in [1.165, 1.54) is 10.9 Å². The Kier molecular flexibility index (Phi) is 6.21. The number of amides is 1. The summed E-state index contributed by atoms with van der Waals surface area (Å²) >= 11 is 0. The number of fused-ring (bicyclic) bond motifs is 1. The largest absolute Gasteiger partial charge is 0.388 e. The number of piperidine rings is 1. The molecule has 0 unspecified atom stereocenters. The molecular formula is C25H31N5O3. The number of allylic oxidation sites excluding steroid dienone is 1. The summed E-state index contributed by atoms with van der Waals surface area (Å²) in [5, 5.41) is 15.6. The van der Waals surface area contributed by atoms with Crippen molar-refractivity contribution in [2.75, 3.05) is 13.1 Å². The Bertz CT molecular complexity index is 1240. The standard InChI is InChI=1S/C25H31N5O3/c1-17(2)18(3)14-20(31)29-12-10-25(33,11-13-29)15-30-16-26-21-22(24(30)32)27-28(4)23(21)19-8-6-5-7-9-19/h5-9,16,18,33H,1,10-15H2,2-4H3/t18-/m1/s1. The van der Waals surface area contributed by atoms with Crippen molar-refractivity contribution in [1.82, 2.24) is 24.2 Å². The minimum Gasteiger partial charge on any atom is -0.388 e. The lowest BCUT2D eigenvalue weighted by Crippen LogP contribution is -2.49. The highest BCUT2D eigenvalue weighted by atomic mass is 16.3. The van der Waals surface area contributed by atoms with E-state index in [0.717, 1.165) is 16.8 Å². The third-order valence-corrected chi connectivity index (χ3v) is 6.69. The average Bonchev–Trinajstić information content (AvgIpc) is 3.13. The number of carbonyl (C=O) groups is 1. The molecule has 1 fully saturated rings. The lowest BCUT2D eigenvalue weighted by molar-refractivity contribution is -0.136. The first-order chi connectivity index (χ1) is 15.7. The number of carbonyl (C=O) groups excluding carboxylic acids is 1. The lowest BCUT2D eigenvalue weighted by atomic mass is 9.90. The summed E-state index contributed by atoms with van der Waals surface area (Å²) in [6, 6.07) is 9.71.